The van der Waals surface area contributed by atoms with Crippen molar-refractivity contribution in [2.75, 3.05) is 15.8 Å². The molecule has 7 nitrogen and oxygen atoms in total. The number of hydrogen-bond acceptors (Lipinski definition) is 7. The lowest BCUT2D eigenvalue weighted by atomic mass is 9.82. The van der Waals surface area contributed by atoms with Gasteiger partial charge in [-0.15, -0.1) is 0 Å². The largest absolute Gasteiger partial charge is 0.310 e. The summed E-state index contributed by atoms with van der Waals surface area (Å²) in [5.74, 6) is 0. The Bertz CT molecular complexity index is 1980. The van der Waals surface area contributed by atoms with E-state index in [9.17, 15) is 0 Å². The van der Waals surface area contributed by atoms with E-state index in [0.29, 0.717) is 22.8 Å². The second kappa shape index (κ2) is 11.8. The van der Waals surface area contributed by atoms with E-state index in [4.69, 9.17) is 10.8 Å². The molecule has 0 atom stereocenters. The SMILES string of the molecule is CC1(C)c2ccccc2-c2ccc(N(c3cccc(N/N=C4/C=CC=CC4=N)c3)c3cccc(N/N=C4/C=CC=CC4=N)c3)cc21. The predicted molar refractivity (Wildman–Crippen MR) is 193 cm³/mol. The minimum atomic E-state index is -0.147. The van der Waals surface area contributed by atoms with Gasteiger partial charge in [0.2, 0.25) is 0 Å². The number of allylic oxidation sites excluding steroid dienone is 8. The Labute approximate surface area is 268 Å². The van der Waals surface area contributed by atoms with Gasteiger partial charge in [-0.3, -0.25) is 21.7 Å². The van der Waals surface area contributed by atoms with E-state index >= 15 is 0 Å². The molecule has 0 saturated heterocycles. The second-order valence-electron chi connectivity index (χ2n) is 11.8. The molecule has 0 fully saturated rings. The van der Waals surface area contributed by atoms with E-state index in [-0.39, 0.29) is 5.41 Å². The number of anilines is 5. The highest BCUT2D eigenvalue weighted by atomic mass is 15.3. The third-order valence-corrected chi connectivity index (χ3v) is 8.45. The van der Waals surface area contributed by atoms with Crippen LogP contribution in [-0.2, 0) is 5.41 Å². The van der Waals surface area contributed by atoms with Gasteiger partial charge in [0.15, 0.2) is 0 Å². The van der Waals surface area contributed by atoms with Gasteiger partial charge in [-0.1, -0.05) is 80.6 Å². The van der Waals surface area contributed by atoms with Gasteiger partial charge >= 0.3 is 0 Å². The number of nitrogens with one attached hydrogen (secondary N) is 4. The molecule has 0 saturated carbocycles. The quantitative estimate of drug-likeness (QED) is 0.126. The van der Waals surface area contributed by atoms with Crippen LogP contribution < -0.4 is 15.8 Å². The van der Waals surface area contributed by atoms with Gasteiger partial charge in [0.1, 0.15) is 11.4 Å². The average molecular weight is 600 g/mol. The number of nitrogens with zero attached hydrogens (tertiary/aromatic N) is 3. The molecule has 46 heavy (non-hydrogen) atoms. The summed E-state index contributed by atoms with van der Waals surface area (Å²) in [7, 11) is 0. The summed E-state index contributed by atoms with van der Waals surface area (Å²) in [5, 5.41) is 25.3. The first-order valence-corrected chi connectivity index (χ1v) is 15.2. The fraction of sp³-hybridized carbons (Fsp3) is 0.0769. The summed E-state index contributed by atoms with van der Waals surface area (Å²) in [4.78, 5) is 2.23. The second-order valence-corrected chi connectivity index (χ2v) is 11.8. The zero-order valence-corrected chi connectivity index (χ0v) is 25.6. The number of benzene rings is 4. The Hall–Kier alpha value is -6.08. The van der Waals surface area contributed by atoms with Gasteiger partial charge in [-0.2, -0.15) is 10.2 Å². The molecule has 0 unspecified atom stereocenters. The van der Waals surface area contributed by atoms with Crippen molar-refractivity contribution in [3.63, 3.8) is 0 Å². The van der Waals surface area contributed by atoms with Crippen LogP contribution in [0.1, 0.15) is 25.0 Å². The van der Waals surface area contributed by atoms with E-state index < -0.39 is 0 Å². The van der Waals surface area contributed by atoms with Crippen molar-refractivity contribution in [2.45, 2.75) is 19.3 Å². The maximum absolute atomic E-state index is 8.17. The fourth-order valence-corrected chi connectivity index (χ4v) is 6.10. The van der Waals surface area contributed by atoms with Gasteiger partial charge in [0.05, 0.1) is 22.8 Å². The summed E-state index contributed by atoms with van der Waals surface area (Å²) in [5.41, 5.74) is 17.7. The molecule has 7 rings (SSSR count). The lowest BCUT2D eigenvalue weighted by Gasteiger charge is -2.28. The van der Waals surface area contributed by atoms with Crippen LogP contribution in [0, 0.1) is 10.8 Å². The van der Waals surface area contributed by atoms with Crippen LogP contribution in [0.5, 0.6) is 0 Å². The molecule has 0 spiro atoms. The summed E-state index contributed by atoms with van der Waals surface area (Å²) in [6, 6.07) is 31.6. The van der Waals surface area contributed by atoms with Crippen LogP contribution in [0.15, 0.2) is 150 Å². The first-order chi connectivity index (χ1) is 22.4. The van der Waals surface area contributed by atoms with Crippen LogP contribution in [0.25, 0.3) is 11.1 Å². The minimum absolute atomic E-state index is 0.147. The highest BCUT2D eigenvalue weighted by molar-refractivity contribution is 6.50. The van der Waals surface area contributed by atoms with E-state index in [2.05, 4.69) is 107 Å². The average Bonchev–Trinajstić information content (AvgIpc) is 3.30. The molecule has 0 amide bonds. The Balaban J connectivity index is 1.30. The topological polar surface area (TPSA) is 99.7 Å². The number of hydrogen-bond donors (Lipinski definition) is 4. The molecule has 4 aromatic rings. The zero-order chi connectivity index (χ0) is 31.7. The van der Waals surface area contributed by atoms with E-state index in [1.165, 1.54) is 22.3 Å². The molecule has 0 aromatic heterocycles. The van der Waals surface area contributed by atoms with Crippen LogP contribution >= 0.6 is 0 Å². The highest BCUT2D eigenvalue weighted by Gasteiger charge is 2.35. The van der Waals surface area contributed by atoms with E-state index in [1.807, 2.05) is 60.7 Å². The summed E-state index contributed by atoms with van der Waals surface area (Å²) in [6.45, 7) is 4.58. The van der Waals surface area contributed by atoms with Crippen LogP contribution in [0.4, 0.5) is 28.4 Å². The molecule has 224 valence electrons. The first-order valence-electron chi connectivity index (χ1n) is 15.2. The summed E-state index contributed by atoms with van der Waals surface area (Å²) < 4.78 is 0. The van der Waals surface area contributed by atoms with Crippen molar-refractivity contribution in [3.8, 4) is 11.1 Å². The Kier molecular flexibility index (Phi) is 7.35. The molecule has 0 heterocycles. The third kappa shape index (κ3) is 5.39. The van der Waals surface area contributed by atoms with Crippen LogP contribution in [0.3, 0.4) is 0 Å². The van der Waals surface area contributed by atoms with Crippen molar-refractivity contribution >= 4 is 51.3 Å². The monoisotopic (exact) mass is 599 g/mol. The number of rotatable bonds is 7. The maximum atomic E-state index is 8.17. The standard InChI is InChI=1S/C39H33N7/c1-39(2)33-16-4-3-15-31(33)32-22-21-30(25-34(32)39)46(28-13-9-11-26(23-28)42-44-37-19-7-5-17-35(37)40)29-14-10-12-27(24-29)43-45-38-20-8-6-18-36(38)41/h3-25,40-43H,1-2H3/b40-35?,41-36?,44-37-,45-38-. The lowest BCUT2D eigenvalue weighted by Crippen LogP contribution is -2.16. The van der Waals surface area contributed by atoms with Gasteiger partial charge in [-0.25, -0.2) is 0 Å². The zero-order valence-electron chi connectivity index (χ0n) is 25.6. The first kappa shape index (κ1) is 28.7. The molecule has 4 N–H and O–H groups in total. The number of hydrazone groups is 2. The molecule has 0 radical (unpaired) electrons. The molecule has 3 aliphatic rings. The molecule has 3 aliphatic carbocycles. The van der Waals surface area contributed by atoms with Crippen molar-refractivity contribution in [2.24, 2.45) is 10.2 Å². The van der Waals surface area contributed by atoms with Crippen molar-refractivity contribution in [3.05, 3.63) is 151 Å². The Morgan fingerprint density at radius 3 is 1.65 bits per heavy atom. The summed E-state index contributed by atoms with van der Waals surface area (Å²) >= 11 is 0. The third-order valence-electron chi connectivity index (χ3n) is 8.45. The number of fused-ring (bicyclic) bond motifs is 3. The molecule has 7 heteroatoms. The maximum Gasteiger partial charge on any atom is 0.108 e. The van der Waals surface area contributed by atoms with Gasteiger partial charge in [0, 0.05) is 22.5 Å². The molecule has 4 aromatic carbocycles. The summed E-state index contributed by atoms with van der Waals surface area (Å²) in [6.07, 6.45) is 14.5. The fourth-order valence-electron chi connectivity index (χ4n) is 6.10. The van der Waals surface area contributed by atoms with Gasteiger partial charge in [0.25, 0.3) is 0 Å². The minimum Gasteiger partial charge on any atom is -0.310 e. The Morgan fingerprint density at radius 1 is 0.543 bits per heavy atom. The van der Waals surface area contributed by atoms with Crippen molar-refractivity contribution in [1.82, 2.24) is 0 Å². The highest BCUT2D eigenvalue weighted by Crippen LogP contribution is 2.50. The van der Waals surface area contributed by atoms with E-state index in [1.54, 1.807) is 12.2 Å². The molecule has 0 aliphatic heterocycles. The molecule has 0 bridgehead atoms. The normalized spacial score (nSPS) is 17.3. The molecular weight excluding hydrogens is 566 g/mol. The van der Waals surface area contributed by atoms with Crippen LogP contribution in [-0.4, -0.2) is 22.8 Å². The smallest absolute Gasteiger partial charge is 0.108 e. The lowest BCUT2D eigenvalue weighted by molar-refractivity contribution is 0.660. The van der Waals surface area contributed by atoms with Gasteiger partial charge in [-0.05, 0) is 95.1 Å². The van der Waals surface area contributed by atoms with Gasteiger partial charge < -0.3 is 4.90 Å². The Morgan fingerprint density at radius 2 is 1.07 bits per heavy atom. The van der Waals surface area contributed by atoms with Crippen LogP contribution in [0.2, 0.25) is 0 Å². The predicted octanol–water partition coefficient (Wildman–Crippen LogP) is 9.29. The molecular formula is C39H33N7. The van der Waals surface area contributed by atoms with Crippen molar-refractivity contribution < 1.29 is 0 Å². The van der Waals surface area contributed by atoms with Crippen molar-refractivity contribution in [1.29, 1.82) is 10.8 Å². The van der Waals surface area contributed by atoms with E-state index in [0.717, 1.165) is 28.4 Å².